The quantitative estimate of drug-likeness (QED) is 0.136. The molecule has 0 fully saturated rings. The van der Waals surface area contributed by atoms with E-state index >= 15 is 0 Å². The van der Waals surface area contributed by atoms with E-state index in [1.165, 1.54) is 22.1 Å². The van der Waals surface area contributed by atoms with E-state index in [4.69, 9.17) is 0 Å². The third kappa shape index (κ3) is 6.85. The summed E-state index contributed by atoms with van der Waals surface area (Å²) in [6.07, 6.45) is 0. The Bertz CT molecular complexity index is 2040. The van der Waals surface area contributed by atoms with Crippen molar-refractivity contribution in [3.63, 3.8) is 0 Å². The van der Waals surface area contributed by atoms with Crippen molar-refractivity contribution < 1.29 is 14.7 Å². The first-order valence-electron chi connectivity index (χ1n) is 18.3. The van der Waals surface area contributed by atoms with Crippen molar-refractivity contribution in [1.82, 2.24) is 0 Å². The van der Waals surface area contributed by atoms with Crippen LogP contribution in [0.1, 0.15) is 158 Å². The van der Waals surface area contributed by atoms with Crippen molar-refractivity contribution in [2.75, 3.05) is 0 Å². The van der Waals surface area contributed by atoms with Crippen LogP contribution < -0.4 is 10.6 Å². The summed E-state index contributed by atoms with van der Waals surface area (Å²) < 4.78 is 0. The Balaban J connectivity index is 1.89. The molecule has 49 heavy (non-hydrogen) atoms. The molecule has 0 spiro atoms. The van der Waals surface area contributed by atoms with Crippen LogP contribution in [0.2, 0.25) is 0 Å². The summed E-state index contributed by atoms with van der Waals surface area (Å²) in [4.78, 5) is 38.2. The van der Waals surface area contributed by atoms with Crippen LogP contribution in [-0.4, -0.2) is 14.7 Å². The Labute approximate surface area is 295 Å². The molecular formula is C45H59O3P. The molecule has 0 atom stereocenters. The van der Waals surface area contributed by atoms with E-state index in [9.17, 15) is 14.7 Å². The summed E-state index contributed by atoms with van der Waals surface area (Å²) in [5, 5.41) is 4.80. The molecule has 3 N–H and O–H groups in total. The number of benzene rings is 5. The fraction of sp³-hybridized carbons (Fsp3) is 0.422. The summed E-state index contributed by atoms with van der Waals surface area (Å²) in [6, 6.07) is 23.3. The van der Waals surface area contributed by atoms with Gasteiger partial charge in [-0.05, 0) is 0 Å². The summed E-state index contributed by atoms with van der Waals surface area (Å²) in [7, 11) is -5.73. The van der Waals surface area contributed by atoms with Crippen molar-refractivity contribution in [3.8, 4) is 11.1 Å². The normalized spacial score (nSPS) is 13.6. The van der Waals surface area contributed by atoms with E-state index in [2.05, 4.69) is 126 Å². The maximum absolute atomic E-state index is 12.7. The Morgan fingerprint density at radius 3 is 1.31 bits per heavy atom. The second-order valence-corrected chi connectivity index (χ2v) is 19.4. The van der Waals surface area contributed by atoms with Gasteiger partial charge in [-0.2, -0.15) is 0 Å². The molecule has 0 aromatic heterocycles. The van der Waals surface area contributed by atoms with Crippen LogP contribution in [0.25, 0.3) is 32.7 Å². The molecule has 0 bridgehead atoms. The average Bonchev–Trinajstić information content (AvgIpc) is 3.01. The molecule has 0 heterocycles. The molecule has 0 aliphatic carbocycles. The predicted octanol–water partition coefficient (Wildman–Crippen LogP) is 11.9. The van der Waals surface area contributed by atoms with Gasteiger partial charge in [-0.3, -0.25) is 0 Å². The molecule has 5 aromatic carbocycles. The second kappa shape index (κ2) is 13.2. The molecule has 0 aliphatic heterocycles. The monoisotopic (exact) mass is 678 g/mol. The second-order valence-electron chi connectivity index (χ2n) is 16.4. The summed E-state index contributed by atoms with van der Waals surface area (Å²) in [6.45, 7) is 28.2. The van der Waals surface area contributed by atoms with Crippen LogP contribution >= 0.6 is 7.28 Å². The SMILES string of the molecule is Cc1ccc(P(O)(O)(O)c2cc3c(C(C)C)cc(C(C)C)cc3cc2C(C)C)c(-c2cc3c(C(C)C)cc(C(C)C)cc3cc2C(C)C)c1. The van der Waals surface area contributed by atoms with Gasteiger partial charge in [0, 0.05) is 0 Å². The zero-order chi connectivity index (χ0) is 36.3. The van der Waals surface area contributed by atoms with Gasteiger partial charge in [-0.15, -0.1) is 0 Å². The van der Waals surface area contributed by atoms with Crippen LogP contribution in [0.3, 0.4) is 0 Å². The Hall–Kier alpha value is -3.07. The Kier molecular flexibility index (Phi) is 10.0. The minimum atomic E-state index is -5.73. The van der Waals surface area contributed by atoms with Gasteiger partial charge in [-0.25, -0.2) is 0 Å². The third-order valence-corrected chi connectivity index (χ3v) is 13.0. The van der Waals surface area contributed by atoms with Crippen LogP contribution in [0.5, 0.6) is 0 Å². The van der Waals surface area contributed by atoms with Gasteiger partial charge < -0.3 is 0 Å². The first kappa shape index (κ1) is 37.2. The van der Waals surface area contributed by atoms with E-state index in [1.807, 2.05) is 25.1 Å². The molecule has 0 amide bonds. The van der Waals surface area contributed by atoms with Crippen molar-refractivity contribution in [2.45, 2.75) is 126 Å². The van der Waals surface area contributed by atoms with Gasteiger partial charge in [0.15, 0.2) is 0 Å². The van der Waals surface area contributed by atoms with E-state index in [1.54, 1.807) is 6.07 Å². The molecule has 262 valence electrons. The van der Waals surface area contributed by atoms with E-state index < -0.39 is 7.28 Å². The predicted molar refractivity (Wildman–Crippen MR) is 215 cm³/mol. The molecule has 0 radical (unpaired) electrons. The van der Waals surface area contributed by atoms with E-state index in [0.29, 0.717) is 23.3 Å². The number of hydrogen-bond donors (Lipinski definition) is 3. The molecule has 0 saturated heterocycles. The van der Waals surface area contributed by atoms with Gasteiger partial charge in [0.2, 0.25) is 0 Å². The number of hydrogen-bond acceptors (Lipinski definition) is 3. The topological polar surface area (TPSA) is 60.7 Å². The molecule has 0 unspecified atom stereocenters. The number of fused-ring (bicyclic) bond motifs is 2. The standard InChI is InChI=1S/C45H59O3P/c1-25(2)32-17-34-21-38(29(9)10)42(23-40(34)36(19-32)27(5)6)43-16-31(13)14-15-44(43)49(46,47,48)45-24-41-35(22-39(45)30(11)12)18-33(26(3)4)20-37(41)28(7)8/h14-30,46-48H,1-13H3. The van der Waals surface area contributed by atoms with Crippen LogP contribution in [-0.2, 0) is 0 Å². The summed E-state index contributed by atoms with van der Waals surface area (Å²) in [5.41, 5.74) is 9.47. The molecule has 0 aliphatic rings. The molecule has 0 saturated carbocycles. The van der Waals surface area contributed by atoms with Crippen molar-refractivity contribution >= 4 is 39.4 Å². The van der Waals surface area contributed by atoms with E-state index in [-0.39, 0.29) is 28.4 Å². The van der Waals surface area contributed by atoms with Gasteiger partial charge in [0.25, 0.3) is 0 Å². The molecule has 3 nitrogen and oxygen atoms in total. The van der Waals surface area contributed by atoms with Gasteiger partial charge >= 0.3 is 296 Å². The van der Waals surface area contributed by atoms with Gasteiger partial charge in [-0.1, -0.05) is 0 Å². The fourth-order valence-electron chi connectivity index (χ4n) is 7.46. The number of aryl methyl sites for hydroxylation is 1. The molecule has 5 aromatic rings. The Morgan fingerprint density at radius 1 is 0.408 bits per heavy atom. The summed E-state index contributed by atoms with van der Waals surface area (Å²) >= 11 is 0. The van der Waals surface area contributed by atoms with Crippen molar-refractivity contribution in [1.29, 1.82) is 0 Å². The van der Waals surface area contributed by atoms with Crippen LogP contribution in [0, 0.1) is 6.92 Å². The first-order chi connectivity index (χ1) is 22.7. The zero-order valence-corrected chi connectivity index (χ0v) is 33.0. The molecular weight excluding hydrogens is 619 g/mol. The maximum atomic E-state index is 12.7. The molecule has 5 rings (SSSR count). The summed E-state index contributed by atoms with van der Waals surface area (Å²) in [5.74, 6) is 1.40. The van der Waals surface area contributed by atoms with Crippen molar-refractivity contribution in [3.05, 3.63) is 106 Å². The van der Waals surface area contributed by atoms with Gasteiger partial charge in [0.1, 0.15) is 0 Å². The minimum absolute atomic E-state index is 0.0536. The van der Waals surface area contributed by atoms with Crippen LogP contribution in [0.4, 0.5) is 0 Å². The average molecular weight is 679 g/mol. The van der Waals surface area contributed by atoms with E-state index in [0.717, 1.165) is 44.0 Å². The number of rotatable bonds is 9. The third-order valence-electron chi connectivity index (χ3n) is 10.5. The Morgan fingerprint density at radius 2 is 0.857 bits per heavy atom. The fourth-order valence-corrected chi connectivity index (χ4v) is 9.86. The van der Waals surface area contributed by atoms with Gasteiger partial charge in [0.05, 0.1) is 0 Å². The first-order valence-corrected chi connectivity index (χ1v) is 20.4. The molecule has 4 heteroatoms. The van der Waals surface area contributed by atoms with Crippen LogP contribution in [0.15, 0.2) is 66.7 Å². The zero-order valence-electron chi connectivity index (χ0n) is 32.1. The van der Waals surface area contributed by atoms with Crippen molar-refractivity contribution in [2.24, 2.45) is 0 Å².